The van der Waals surface area contributed by atoms with Crippen molar-refractivity contribution in [1.29, 1.82) is 0 Å². The van der Waals surface area contributed by atoms with E-state index in [1.165, 1.54) is 21.5 Å². The lowest BCUT2D eigenvalue weighted by Gasteiger charge is -2.25. The van der Waals surface area contributed by atoms with Gasteiger partial charge >= 0.3 is 0 Å². The van der Waals surface area contributed by atoms with Crippen molar-refractivity contribution in [1.82, 2.24) is 9.88 Å². The zero-order valence-electron chi connectivity index (χ0n) is 26.0. The Morgan fingerprint density at radius 3 is 2.08 bits per heavy atom. The molecule has 0 saturated heterocycles. The largest absolute Gasteiger partial charge is 0.456 e. The van der Waals surface area contributed by atoms with Crippen LogP contribution >= 0.6 is 0 Å². The molecule has 9 aromatic rings. The van der Waals surface area contributed by atoms with Gasteiger partial charge in [0.15, 0.2) is 0 Å². The molecule has 0 spiro atoms. The van der Waals surface area contributed by atoms with Gasteiger partial charge in [-0.2, -0.15) is 0 Å². The van der Waals surface area contributed by atoms with Gasteiger partial charge in [-0.05, 0) is 58.3 Å². The van der Waals surface area contributed by atoms with Gasteiger partial charge in [-0.25, -0.2) is 0 Å². The van der Waals surface area contributed by atoms with E-state index < -0.39 is 0 Å². The lowest BCUT2D eigenvalue weighted by molar-refractivity contribution is 0.663. The number of hydrogen-bond donors (Lipinski definition) is 1. The van der Waals surface area contributed by atoms with E-state index in [4.69, 9.17) is 9.41 Å². The summed E-state index contributed by atoms with van der Waals surface area (Å²) < 4.78 is 9.02. The molecule has 2 aromatic heterocycles. The lowest BCUT2D eigenvalue weighted by Crippen LogP contribution is -2.25. The van der Waals surface area contributed by atoms with Crippen molar-refractivity contribution in [3.8, 4) is 5.69 Å². The number of furan rings is 1. The van der Waals surface area contributed by atoms with Crippen LogP contribution in [0.25, 0.3) is 65.9 Å². The molecule has 226 valence electrons. The van der Waals surface area contributed by atoms with Gasteiger partial charge in [0.05, 0.1) is 22.4 Å². The summed E-state index contributed by atoms with van der Waals surface area (Å²) in [6, 6.07) is 55.7. The fourth-order valence-corrected chi connectivity index (χ4v) is 7.36. The number of aromatic nitrogens is 1. The maximum atomic E-state index is 6.64. The summed E-state index contributed by atoms with van der Waals surface area (Å²) in [6.45, 7) is 0. The maximum absolute atomic E-state index is 6.64. The van der Waals surface area contributed by atoms with E-state index in [2.05, 4.69) is 155 Å². The molecule has 0 radical (unpaired) electrons. The van der Waals surface area contributed by atoms with Crippen LogP contribution in [0.5, 0.6) is 0 Å². The summed E-state index contributed by atoms with van der Waals surface area (Å²) in [6.07, 6.45) is 1.94. The summed E-state index contributed by atoms with van der Waals surface area (Å²) in [5.74, 6) is 0. The molecular formula is C44H29N3O. The predicted molar refractivity (Wildman–Crippen MR) is 199 cm³/mol. The minimum atomic E-state index is -0.252. The average Bonchev–Trinajstić information content (AvgIpc) is 3.69. The Hall–Kier alpha value is -6.39. The van der Waals surface area contributed by atoms with Crippen LogP contribution in [0, 0.1) is 0 Å². The number of nitrogens with one attached hydrogen (secondary N) is 1. The fourth-order valence-electron chi connectivity index (χ4n) is 7.36. The van der Waals surface area contributed by atoms with E-state index in [-0.39, 0.29) is 6.17 Å². The third-order valence-electron chi connectivity index (χ3n) is 9.58. The first kappa shape index (κ1) is 26.8. The number of rotatable bonds is 4. The molecule has 0 saturated carbocycles. The molecule has 4 heteroatoms. The summed E-state index contributed by atoms with van der Waals surface area (Å²) >= 11 is 0. The minimum Gasteiger partial charge on any atom is -0.456 e. The second kappa shape index (κ2) is 10.6. The number of fused-ring (bicyclic) bond motifs is 7. The number of benzene rings is 7. The van der Waals surface area contributed by atoms with Crippen molar-refractivity contribution in [3.63, 3.8) is 0 Å². The van der Waals surface area contributed by atoms with Gasteiger partial charge < -0.3 is 14.3 Å². The molecule has 0 amide bonds. The van der Waals surface area contributed by atoms with Crippen LogP contribution < -0.4 is 5.32 Å². The SMILES string of the molecule is C1=C(c2ccccc2)NC(c2ccccc2)N=C1c1cc(-n2c3ccccc3c3cc4ccccc4cc32)cc2oc3ccccc3c12. The highest BCUT2D eigenvalue weighted by molar-refractivity contribution is 6.24. The van der Waals surface area contributed by atoms with Gasteiger partial charge in [0.1, 0.15) is 17.3 Å². The van der Waals surface area contributed by atoms with E-state index in [0.29, 0.717) is 0 Å². The number of allylic oxidation sites excluding steroid dienone is 1. The molecule has 1 atom stereocenters. The van der Waals surface area contributed by atoms with Gasteiger partial charge in [0.25, 0.3) is 0 Å². The van der Waals surface area contributed by atoms with Crippen LogP contribution in [-0.2, 0) is 0 Å². The highest BCUT2D eigenvalue weighted by atomic mass is 16.3. The summed E-state index contributed by atoms with van der Waals surface area (Å²) in [5.41, 5.74) is 10.2. The normalized spacial score (nSPS) is 14.9. The molecule has 7 aromatic carbocycles. The number of para-hydroxylation sites is 2. The van der Waals surface area contributed by atoms with Crippen LogP contribution in [0.15, 0.2) is 173 Å². The average molecular weight is 616 g/mol. The first-order valence-corrected chi connectivity index (χ1v) is 16.3. The maximum Gasteiger partial charge on any atom is 0.145 e. The molecule has 1 aliphatic rings. The molecule has 1 unspecified atom stereocenters. The number of nitrogens with zero attached hydrogens (tertiary/aromatic N) is 2. The first-order valence-electron chi connectivity index (χ1n) is 16.3. The van der Waals surface area contributed by atoms with Crippen LogP contribution in [0.2, 0.25) is 0 Å². The smallest absolute Gasteiger partial charge is 0.145 e. The Morgan fingerprint density at radius 2 is 1.25 bits per heavy atom. The molecule has 10 rings (SSSR count). The van der Waals surface area contributed by atoms with E-state index in [9.17, 15) is 0 Å². The molecule has 0 aliphatic carbocycles. The molecule has 0 fully saturated rings. The highest BCUT2D eigenvalue weighted by Crippen LogP contribution is 2.40. The Morgan fingerprint density at radius 1 is 0.562 bits per heavy atom. The quantitative estimate of drug-likeness (QED) is 0.214. The molecule has 3 heterocycles. The zero-order chi connectivity index (χ0) is 31.6. The van der Waals surface area contributed by atoms with Gasteiger partial charge in [0.2, 0.25) is 0 Å². The standard InChI is InChI=1S/C44H29N3O/c1-3-13-28(14-4-1)37-27-38(46-44(45-37)29-15-5-2-6-16-29)36-25-32(26-42-43(36)34-20-10-12-22-41(34)48-42)47-39-21-11-9-19-33(39)35-23-30-17-7-8-18-31(30)24-40(35)47/h1-27,44-45H. The number of hydrogen-bond acceptors (Lipinski definition) is 3. The third-order valence-corrected chi connectivity index (χ3v) is 9.58. The summed E-state index contributed by atoms with van der Waals surface area (Å²) in [7, 11) is 0. The van der Waals surface area contributed by atoms with Crippen molar-refractivity contribution >= 4 is 65.9 Å². The second-order valence-electron chi connectivity index (χ2n) is 12.4. The zero-order valence-corrected chi connectivity index (χ0v) is 26.0. The molecule has 1 aliphatic heterocycles. The van der Waals surface area contributed by atoms with Gasteiger partial charge in [0, 0.05) is 38.9 Å². The predicted octanol–water partition coefficient (Wildman–Crippen LogP) is 11.0. The molecular weight excluding hydrogens is 587 g/mol. The minimum absolute atomic E-state index is 0.252. The van der Waals surface area contributed by atoms with Crippen molar-refractivity contribution in [2.24, 2.45) is 4.99 Å². The molecule has 48 heavy (non-hydrogen) atoms. The van der Waals surface area contributed by atoms with Gasteiger partial charge in [-0.15, -0.1) is 0 Å². The fraction of sp³-hybridized carbons (Fsp3) is 0.0227. The van der Waals surface area contributed by atoms with Crippen LogP contribution in [0.3, 0.4) is 0 Å². The van der Waals surface area contributed by atoms with Crippen LogP contribution in [-0.4, -0.2) is 10.3 Å². The monoisotopic (exact) mass is 615 g/mol. The Labute approximate surface area is 276 Å². The summed E-state index contributed by atoms with van der Waals surface area (Å²) in [5, 5.41) is 10.8. The molecule has 0 bridgehead atoms. The van der Waals surface area contributed by atoms with E-state index in [1.807, 2.05) is 18.2 Å². The molecule has 4 nitrogen and oxygen atoms in total. The first-order chi connectivity index (χ1) is 23.8. The van der Waals surface area contributed by atoms with E-state index in [1.54, 1.807) is 0 Å². The summed E-state index contributed by atoms with van der Waals surface area (Å²) in [4.78, 5) is 5.40. The van der Waals surface area contributed by atoms with Crippen molar-refractivity contribution in [3.05, 3.63) is 180 Å². The van der Waals surface area contributed by atoms with E-state index in [0.717, 1.165) is 66.8 Å². The second-order valence-corrected chi connectivity index (χ2v) is 12.4. The van der Waals surface area contributed by atoms with Crippen molar-refractivity contribution < 1.29 is 4.42 Å². The van der Waals surface area contributed by atoms with Gasteiger partial charge in [-0.1, -0.05) is 121 Å². The Kier molecular flexibility index (Phi) is 5.90. The lowest BCUT2D eigenvalue weighted by atomic mass is 9.97. The topological polar surface area (TPSA) is 42.5 Å². The molecule has 1 N–H and O–H groups in total. The van der Waals surface area contributed by atoms with Crippen LogP contribution in [0.1, 0.15) is 22.9 Å². The number of aliphatic imine (C=N–C) groups is 1. The van der Waals surface area contributed by atoms with Crippen LogP contribution in [0.4, 0.5) is 0 Å². The third kappa shape index (κ3) is 4.20. The Balaban J connectivity index is 1.29. The van der Waals surface area contributed by atoms with E-state index >= 15 is 0 Å². The highest BCUT2D eigenvalue weighted by Gasteiger charge is 2.24. The Bertz CT molecular complexity index is 2750. The van der Waals surface area contributed by atoms with Gasteiger partial charge in [-0.3, -0.25) is 4.99 Å². The van der Waals surface area contributed by atoms with Crippen molar-refractivity contribution in [2.75, 3.05) is 0 Å². The van der Waals surface area contributed by atoms with Crippen molar-refractivity contribution in [2.45, 2.75) is 6.17 Å².